The molecule has 1 aliphatic rings. The van der Waals surface area contributed by atoms with Gasteiger partial charge in [0.1, 0.15) is 5.41 Å². The van der Waals surface area contributed by atoms with Crippen LogP contribution in [0, 0.1) is 5.41 Å². The smallest absolute Gasteiger partial charge is 0.233 e. The van der Waals surface area contributed by atoms with Crippen LogP contribution in [0.3, 0.4) is 0 Å². The minimum absolute atomic E-state index is 0.0650. The van der Waals surface area contributed by atoms with Crippen LogP contribution in [0.4, 0.5) is 0 Å². The van der Waals surface area contributed by atoms with Gasteiger partial charge < -0.3 is 16.3 Å². The van der Waals surface area contributed by atoms with Crippen LogP contribution in [-0.2, 0) is 4.79 Å². The number of nitrogens with zero attached hydrogens (tertiary/aromatic N) is 1. The molecule has 0 unspecified atom stereocenters. The van der Waals surface area contributed by atoms with E-state index in [1.54, 1.807) is 0 Å². The Morgan fingerprint density at radius 1 is 1.33 bits per heavy atom. The number of rotatable bonds is 6. The van der Waals surface area contributed by atoms with Crippen molar-refractivity contribution in [3.8, 4) is 0 Å². The van der Waals surface area contributed by atoms with Crippen LogP contribution < -0.4 is 11.1 Å². The summed E-state index contributed by atoms with van der Waals surface area (Å²) in [6, 6.07) is 0. The first-order chi connectivity index (χ1) is 8.67. The molecule has 104 valence electrons. The van der Waals surface area contributed by atoms with Gasteiger partial charge in [-0.25, -0.2) is 0 Å². The molecular weight excluding hydrogens is 230 g/mol. The third-order valence-electron chi connectivity index (χ3n) is 3.81. The molecule has 0 heterocycles. The molecule has 0 aliphatic heterocycles. The second kappa shape index (κ2) is 7.24. The van der Waals surface area contributed by atoms with E-state index >= 15 is 0 Å². The Morgan fingerprint density at radius 2 is 2.00 bits per heavy atom. The lowest BCUT2D eigenvalue weighted by atomic mass is 9.72. The van der Waals surface area contributed by atoms with Gasteiger partial charge in [-0.15, -0.1) is 0 Å². The molecule has 0 atom stereocenters. The number of nitrogens with one attached hydrogen (secondary N) is 1. The summed E-state index contributed by atoms with van der Waals surface area (Å²) in [7, 11) is 0. The van der Waals surface area contributed by atoms with Crippen molar-refractivity contribution in [1.29, 1.82) is 0 Å². The van der Waals surface area contributed by atoms with Crippen LogP contribution in [0.15, 0.2) is 5.16 Å². The number of unbranched alkanes of at least 4 members (excludes halogenated alkanes) is 2. The third kappa shape index (κ3) is 3.37. The fourth-order valence-electron chi connectivity index (χ4n) is 2.60. The van der Waals surface area contributed by atoms with E-state index in [1.807, 2.05) is 0 Å². The topological polar surface area (TPSA) is 87.7 Å². The molecule has 4 N–H and O–H groups in total. The predicted molar refractivity (Wildman–Crippen MR) is 71.5 cm³/mol. The summed E-state index contributed by atoms with van der Waals surface area (Å²) in [5.41, 5.74) is 4.97. The van der Waals surface area contributed by atoms with E-state index < -0.39 is 5.41 Å². The van der Waals surface area contributed by atoms with Crippen molar-refractivity contribution in [3.05, 3.63) is 0 Å². The number of carbonyl (C=O) groups excluding carboxylic acids is 1. The molecule has 0 spiro atoms. The lowest BCUT2D eigenvalue weighted by Crippen LogP contribution is -2.51. The largest absolute Gasteiger partial charge is 0.409 e. The van der Waals surface area contributed by atoms with Crippen LogP contribution in [0.1, 0.15) is 58.3 Å². The highest BCUT2D eigenvalue weighted by Gasteiger charge is 2.43. The van der Waals surface area contributed by atoms with Gasteiger partial charge in [0, 0.05) is 6.54 Å². The van der Waals surface area contributed by atoms with Gasteiger partial charge in [0.25, 0.3) is 0 Å². The average Bonchev–Trinajstić information content (AvgIpc) is 2.43. The molecule has 0 aromatic heterocycles. The molecule has 1 saturated carbocycles. The van der Waals surface area contributed by atoms with Crippen molar-refractivity contribution in [2.24, 2.45) is 16.3 Å². The lowest BCUT2D eigenvalue weighted by molar-refractivity contribution is -0.129. The summed E-state index contributed by atoms with van der Waals surface area (Å²) in [4.78, 5) is 12.3. The van der Waals surface area contributed by atoms with E-state index in [1.165, 1.54) is 0 Å². The zero-order valence-electron chi connectivity index (χ0n) is 11.2. The fraction of sp³-hybridized carbons (Fsp3) is 0.846. The van der Waals surface area contributed by atoms with Crippen molar-refractivity contribution >= 4 is 11.7 Å². The highest BCUT2D eigenvalue weighted by molar-refractivity contribution is 6.06. The Kier molecular flexibility index (Phi) is 5.95. The fourth-order valence-corrected chi connectivity index (χ4v) is 2.60. The molecular formula is C13H25N3O2. The molecule has 0 aromatic carbocycles. The quantitative estimate of drug-likeness (QED) is 0.223. The molecule has 5 heteroatoms. The van der Waals surface area contributed by atoms with Crippen molar-refractivity contribution in [1.82, 2.24) is 5.32 Å². The minimum Gasteiger partial charge on any atom is -0.409 e. The number of hydrogen-bond acceptors (Lipinski definition) is 3. The van der Waals surface area contributed by atoms with Crippen molar-refractivity contribution in [2.45, 2.75) is 58.3 Å². The molecule has 0 bridgehead atoms. The van der Waals surface area contributed by atoms with Gasteiger partial charge in [-0.1, -0.05) is 44.2 Å². The van der Waals surface area contributed by atoms with Crippen molar-refractivity contribution < 1.29 is 10.0 Å². The third-order valence-corrected chi connectivity index (χ3v) is 3.81. The molecule has 18 heavy (non-hydrogen) atoms. The van der Waals surface area contributed by atoms with E-state index in [4.69, 9.17) is 10.9 Å². The number of amidine groups is 1. The Balaban J connectivity index is 2.62. The van der Waals surface area contributed by atoms with Gasteiger partial charge >= 0.3 is 0 Å². The second-order valence-corrected chi connectivity index (χ2v) is 5.09. The number of amides is 1. The highest BCUT2D eigenvalue weighted by atomic mass is 16.4. The minimum atomic E-state index is -0.779. The normalized spacial score (nSPS) is 19.5. The molecule has 1 rings (SSSR count). The molecule has 1 amide bonds. The molecule has 0 radical (unpaired) electrons. The highest BCUT2D eigenvalue weighted by Crippen LogP contribution is 2.36. The lowest BCUT2D eigenvalue weighted by Gasteiger charge is -2.34. The van der Waals surface area contributed by atoms with Gasteiger partial charge in [0.2, 0.25) is 5.91 Å². The van der Waals surface area contributed by atoms with Crippen LogP contribution in [-0.4, -0.2) is 23.5 Å². The molecule has 1 fully saturated rings. The van der Waals surface area contributed by atoms with E-state index in [-0.39, 0.29) is 11.7 Å². The van der Waals surface area contributed by atoms with Gasteiger partial charge in [0.05, 0.1) is 0 Å². The molecule has 5 nitrogen and oxygen atoms in total. The summed E-state index contributed by atoms with van der Waals surface area (Å²) < 4.78 is 0. The first-order valence-electron chi connectivity index (χ1n) is 6.93. The van der Waals surface area contributed by atoms with E-state index in [0.29, 0.717) is 19.4 Å². The monoisotopic (exact) mass is 255 g/mol. The van der Waals surface area contributed by atoms with Gasteiger partial charge in [0.15, 0.2) is 5.84 Å². The van der Waals surface area contributed by atoms with E-state index in [2.05, 4.69) is 17.4 Å². The second-order valence-electron chi connectivity index (χ2n) is 5.09. The Hall–Kier alpha value is -1.26. The van der Waals surface area contributed by atoms with Crippen molar-refractivity contribution in [3.63, 3.8) is 0 Å². The standard InChI is InChI=1S/C13H25N3O2/c1-2-3-7-10-15-12(17)13(11(14)16-18)8-5-4-6-9-13/h18H,2-10H2,1H3,(H2,14,16)(H,15,17). The number of nitrogens with two attached hydrogens (primary N) is 1. The zero-order chi connectivity index (χ0) is 13.4. The van der Waals surface area contributed by atoms with Gasteiger partial charge in [-0.2, -0.15) is 0 Å². The maximum absolute atomic E-state index is 12.3. The van der Waals surface area contributed by atoms with Gasteiger partial charge in [-0.3, -0.25) is 4.79 Å². The molecule has 0 aromatic rings. The molecule has 0 saturated heterocycles. The SMILES string of the molecule is CCCCCNC(=O)C1(C(N)=NO)CCCCC1. The summed E-state index contributed by atoms with van der Waals surface area (Å²) in [6.07, 6.45) is 7.61. The van der Waals surface area contributed by atoms with E-state index in [0.717, 1.165) is 38.5 Å². The number of oxime groups is 1. The van der Waals surface area contributed by atoms with Crippen LogP contribution in [0.5, 0.6) is 0 Å². The summed E-state index contributed by atoms with van der Waals surface area (Å²) in [5.74, 6) is -0.0104. The van der Waals surface area contributed by atoms with Crippen molar-refractivity contribution in [2.75, 3.05) is 6.54 Å². The van der Waals surface area contributed by atoms with Crippen LogP contribution >= 0.6 is 0 Å². The molecule has 1 aliphatic carbocycles. The van der Waals surface area contributed by atoms with E-state index in [9.17, 15) is 4.79 Å². The van der Waals surface area contributed by atoms with Crippen LogP contribution in [0.2, 0.25) is 0 Å². The average molecular weight is 255 g/mol. The first-order valence-corrected chi connectivity index (χ1v) is 6.93. The zero-order valence-corrected chi connectivity index (χ0v) is 11.2. The Bertz CT molecular complexity index is 297. The number of hydrogen-bond donors (Lipinski definition) is 3. The maximum atomic E-state index is 12.3. The maximum Gasteiger partial charge on any atom is 0.233 e. The predicted octanol–water partition coefficient (Wildman–Crippen LogP) is 1.99. The first kappa shape index (κ1) is 14.8. The van der Waals surface area contributed by atoms with Crippen LogP contribution in [0.25, 0.3) is 0 Å². The Labute approximate surface area is 109 Å². The van der Waals surface area contributed by atoms with Gasteiger partial charge in [-0.05, 0) is 19.3 Å². The summed E-state index contributed by atoms with van der Waals surface area (Å²) >= 11 is 0. The Morgan fingerprint density at radius 3 is 2.56 bits per heavy atom. The summed E-state index contributed by atoms with van der Waals surface area (Å²) in [5, 5.41) is 14.9. The summed E-state index contributed by atoms with van der Waals surface area (Å²) in [6.45, 7) is 2.80. The number of carbonyl (C=O) groups is 1.